The molecule has 71 valence electrons. The molecule has 0 aromatic carbocycles. The Morgan fingerprint density at radius 2 is 1.62 bits per heavy atom. The number of carbonyl (C=O) groups is 2. The minimum absolute atomic E-state index is 0.520. The van der Waals surface area contributed by atoms with Crippen LogP contribution in [0.1, 0.15) is 0 Å². The summed E-state index contributed by atoms with van der Waals surface area (Å²) in [6.45, 7) is 1.01. The molecule has 0 aliphatic rings. The summed E-state index contributed by atoms with van der Waals surface area (Å²) in [6, 6.07) is 0. The fourth-order valence-electron chi connectivity index (χ4n) is 0.482. The Balaban J connectivity index is 4.63. The molecule has 0 bridgehead atoms. The summed E-state index contributed by atoms with van der Waals surface area (Å²) >= 11 is 0. The minimum Gasteiger partial charge on any atom is -0.465 e. The van der Waals surface area contributed by atoms with Gasteiger partial charge in [0, 0.05) is 0 Å². The maximum Gasteiger partial charge on any atom is 0.422 e. The highest BCUT2D eigenvalue weighted by atomic mass is 16.5. The van der Waals surface area contributed by atoms with Crippen molar-refractivity contribution in [2.24, 2.45) is 0 Å². The lowest BCUT2D eigenvalue weighted by molar-refractivity contribution is -0.144. The summed E-state index contributed by atoms with van der Waals surface area (Å²) in [5, 5.41) is 0. The van der Waals surface area contributed by atoms with Crippen molar-refractivity contribution in [1.29, 1.82) is 0 Å². The van der Waals surface area contributed by atoms with Crippen molar-refractivity contribution in [3.63, 3.8) is 0 Å². The van der Waals surface area contributed by atoms with Crippen molar-refractivity contribution in [1.82, 2.24) is 0 Å². The molecular formula is C7H7O6. The van der Waals surface area contributed by atoms with E-state index < -0.39 is 17.5 Å². The van der Waals surface area contributed by atoms with Crippen molar-refractivity contribution >= 4 is 18.4 Å². The molecule has 0 unspecified atom stereocenters. The van der Waals surface area contributed by atoms with Gasteiger partial charge in [0.1, 0.15) is 6.26 Å². The average molecular weight is 187 g/mol. The van der Waals surface area contributed by atoms with Crippen LogP contribution in [0.3, 0.4) is 0 Å². The molecule has 0 atom stereocenters. The second-order valence-corrected chi connectivity index (χ2v) is 1.72. The third-order valence-electron chi connectivity index (χ3n) is 1.04. The lowest BCUT2D eigenvalue weighted by Crippen LogP contribution is -2.16. The largest absolute Gasteiger partial charge is 0.465 e. The van der Waals surface area contributed by atoms with Gasteiger partial charge in [-0.15, -0.1) is 0 Å². The lowest BCUT2D eigenvalue weighted by Gasteiger charge is -2.00. The van der Waals surface area contributed by atoms with Crippen LogP contribution >= 0.6 is 0 Å². The molecule has 0 fully saturated rings. The number of rotatable bonds is 4. The molecule has 0 aliphatic carbocycles. The zero-order valence-electron chi connectivity index (χ0n) is 7.03. The summed E-state index contributed by atoms with van der Waals surface area (Å²) in [6.07, 6.45) is 0.602. The van der Waals surface area contributed by atoms with Gasteiger partial charge in [0.25, 0.3) is 0 Å². The molecule has 0 amide bonds. The van der Waals surface area contributed by atoms with E-state index in [2.05, 4.69) is 14.2 Å². The maximum atomic E-state index is 10.8. The van der Waals surface area contributed by atoms with E-state index in [0.717, 1.165) is 20.7 Å². The molecule has 0 saturated heterocycles. The third-order valence-corrected chi connectivity index (χ3v) is 1.04. The van der Waals surface area contributed by atoms with E-state index in [0.29, 0.717) is 6.26 Å². The Morgan fingerprint density at radius 3 is 1.92 bits per heavy atom. The van der Waals surface area contributed by atoms with Crippen molar-refractivity contribution in [3.8, 4) is 0 Å². The number of methoxy groups -OCH3 is 2. The molecule has 0 N–H and O–H groups in total. The number of esters is 2. The highest BCUT2D eigenvalue weighted by molar-refractivity contribution is 6.13. The Labute approximate surface area is 74.1 Å². The van der Waals surface area contributed by atoms with Crippen molar-refractivity contribution < 1.29 is 28.6 Å². The van der Waals surface area contributed by atoms with E-state index in [1.165, 1.54) is 0 Å². The molecule has 6 nitrogen and oxygen atoms in total. The summed E-state index contributed by atoms with van der Waals surface area (Å²) < 4.78 is 12.4. The first-order chi connectivity index (χ1) is 6.17. The van der Waals surface area contributed by atoms with E-state index in [-0.39, 0.29) is 0 Å². The molecule has 0 rings (SSSR count). The molecule has 1 radical (unpaired) electrons. The zero-order chi connectivity index (χ0) is 10.3. The van der Waals surface area contributed by atoms with Gasteiger partial charge < -0.3 is 14.2 Å². The van der Waals surface area contributed by atoms with E-state index in [1.54, 1.807) is 0 Å². The van der Waals surface area contributed by atoms with Crippen LogP contribution < -0.4 is 0 Å². The molecule has 0 heterocycles. The van der Waals surface area contributed by atoms with Crippen molar-refractivity contribution in [2.45, 2.75) is 0 Å². The van der Waals surface area contributed by atoms with Gasteiger partial charge in [0.2, 0.25) is 0 Å². The van der Waals surface area contributed by atoms with Gasteiger partial charge in [-0.1, -0.05) is 0 Å². The number of carbonyl (C=O) groups excluding carboxylic acids is 3. The number of ether oxygens (including phenoxy) is 3. The average Bonchev–Trinajstić information content (AvgIpc) is 2.17. The van der Waals surface area contributed by atoms with Crippen LogP contribution in [0, 0.1) is 0 Å². The van der Waals surface area contributed by atoms with Gasteiger partial charge in [0.15, 0.2) is 5.57 Å². The van der Waals surface area contributed by atoms with Crippen LogP contribution in [0.2, 0.25) is 0 Å². The Kier molecular flexibility index (Phi) is 4.94. The molecule has 0 saturated carbocycles. The molecule has 0 aliphatic heterocycles. The van der Waals surface area contributed by atoms with Gasteiger partial charge in [-0.05, 0) is 0 Å². The quantitative estimate of drug-likeness (QED) is 0.144. The fourth-order valence-corrected chi connectivity index (χ4v) is 0.482. The lowest BCUT2D eigenvalue weighted by atomic mass is 10.3. The highest BCUT2D eigenvalue weighted by Crippen LogP contribution is 2.00. The highest BCUT2D eigenvalue weighted by Gasteiger charge is 2.20. The number of hydrogen-bond acceptors (Lipinski definition) is 6. The first kappa shape index (κ1) is 11.2. The first-order valence-electron chi connectivity index (χ1n) is 3.07. The molecule has 13 heavy (non-hydrogen) atoms. The number of hydrogen-bond donors (Lipinski definition) is 0. The normalized spacial score (nSPS) is 8.15. The smallest absolute Gasteiger partial charge is 0.422 e. The molecule has 6 heteroatoms. The van der Waals surface area contributed by atoms with Crippen molar-refractivity contribution in [2.75, 3.05) is 14.2 Å². The Morgan fingerprint density at radius 1 is 1.15 bits per heavy atom. The Hall–Kier alpha value is -1.85. The zero-order valence-corrected chi connectivity index (χ0v) is 7.03. The predicted octanol–water partition coefficient (Wildman–Crippen LogP) is -0.700. The first-order valence-corrected chi connectivity index (χ1v) is 3.07. The minimum atomic E-state index is -0.956. The maximum absolute atomic E-state index is 10.8. The van der Waals surface area contributed by atoms with E-state index in [9.17, 15) is 14.4 Å². The molecule has 0 aromatic rings. The second kappa shape index (κ2) is 5.76. The van der Waals surface area contributed by atoms with E-state index >= 15 is 0 Å². The van der Waals surface area contributed by atoms with Crippen molar-refractivity contribution in [3.05, 3.63) is 11.8 Å². The van der Waals surface area contributed by atoms with Crippen LogP contribution in [0.5, 0.6) is 0 Å². The van der Waals surface area contributed by atoms with E-state index in [4.69, 9.17) is 0 Å². The van der Waals surface area contributed by atoms with Crippen LogP contribution in [0.4, 0.5) is 0 Å². The summed E-state index contributed by atoms with van der Waals surface area (Å²) in [4.78, 5) is 31.3. The molecule has 0 aromatic heterocycles. The third kappa shape index (κ3) is 3.37. The summed E-state index contributed by atoms with van der Waals surface area (Å²) in [7, 11) is 2.15. The second-order valence-electron chi connectivity index (χ2n) is 1.72. The fraction of sp³-hybridized carbons (Fsp3) is 0.286. The van der Waals surface area contributed by atoms with E-state index in [1.807, 2.05) is 0 Å². The topological polar surface area (TPSA) is 78.9 Å². The van der Waals surface area contributed by atoms with Gasteiger partial charge in [0.05, 0.1) is 14.2 Å². The molecular weight excluding hydrogens is 180 g/mol. The monoisotopic (exact) mass is 187 g/mol. The standard InChI is InChI=1S/C7H7O6/c1-11-6(9)5(3-13-4-8)7(10)12-2/h3H,1-2H3. The van der Waals surface area contributed by atoms with Gasteiger partial charge in [-0.2, -0.15) is 0 Å². The van der Waals surface area contributed by atoms with Crippen LogP contribution in [-0.4, -0.2) is 32.6 Å². The van der Waals surface area contributed by atoms with Crippen LogP contribution in [-0.2, 0) is 28.6 Å². The van der Waals surface area contributed by atoms with Gasteiger partial charge in [-0.25, -0.2) is 14.4 Å². The summed E-state index contributed by atoms with van der Waals surface area (Å²) in [5.41, 5.74) is -0.520. The Bertz CT molecular complexity index is 223. The summed E-state index contributed by atoms with van der Waals surface area (Å²) in [5.74, 6) is -1.91. The van der Waals surface area contributed by atoms with Gasteiger partial charge in [-0.3, -0.25) is 0 Å². The van der Waals surface area contributed by atoms with Gasteiger partial charge >= 0.3 is 18.4 Å². The SMILES string of the molecule is COC(=O)C(=CO[C]=O)C(=O)OC. The molecule has 0 spiro atoms. The van der Waals surface area contributed by atoms with Crippen LogP contribution in [0.25, 0.3) is 0 Å². The predicted molar refractivity (Wildman–Crippen MR) is 38.9 cm³/mol. The van der Waals surface area contributed by atoms with Crippen LogP contribution in [0.15, 0.2) is 11.8 Å².